The number of nitrogens with one attached hydrogen (secondary N) is 1. The van der Waals surface area contributed by atoms with Gasteiger partial charge in [0.25, 0.3) is 0 Å². The third-order valence-electron chi connectivity index (χ3n) is 10.7. The Labute approximate surface area is 236 Å². The van der Waals surface area contributed by atoms with Crippen LogP contribution in [0.5, 0.6) is 0 Å². The molecular weight excluding hydrogens is 483 g/mol. The molecule has 0 spiro atoms. The molecule has 1 saturated heterocycles. The number of carbonyl (C=O) groups is 1. The summed E-state index contributed by atoms with van der Waals surface area (Å²) in [5.74, 6) is 3.65. The first-order valence-corrected chi connectivity index (χ1v) is 16.2. The van der Waals surface area contributed by atoms with E-state index in [1.54, 1.807) is 0 Å². The summed E-state index contributed by atoms with van der Waals surface area (Å²) in [6, 6.07) is 0. The predicted molar refractivity (Wildman–Crippen MR) is 162 cm³/mol. The topological polar surface area (TPSA) is 72.7 Å². The van der Waals surface area contributed by atoms with Crippen molar-refractivity contribution in [3.63, 3.8) is 0 Å². The molecular formula is C31H49BN6O. The lowest BCUT2D eigenvalue weighted by Crippen LogP contribution is -2.53. The first kappa shape index (κ1) is 27.2. The molecule has 0 aromatic carbocycles. The minimum absolute atomic E-state index is 0.110. The van der Waals surface area contributed by atoms with Gasteiger partial charge >= 0.3 is 0 Å². The summed E-state index contributed by atoms with van der Waals surface area (Å²) in [7, 11) is 2.23. The number of likely N-dealkylation sites (tertiary alicyclic amines) is 1. The second-order valence-corrected chi connectivity index (χ2v) is 13.3. The standard InChI is InChI=1S/C31H49BN6O/c1-21-7-2-5-11-25(21)29(24-9-3-4-10-24)31(39)37-15-12-23(13-16-37)27-17-28(34-19-22-8-6-14-33-18-22)38-30(36-27)26(32)20-35-38/h2,7,18,20-26,28-30,34H,3-6,8-17,19,32H2,1H3. The van der Waals surface area contributed by atoms with E-state index < -0.39 is 0 Å². The molecule has 7 unspecified atom stereocenters. The molecule has 0 aromatic heterocycles. The highest BCUT2D eigenvalue weighted by atomic mass is 16.2. The highest BCUT2D eigenvalue weighted by Gasteiger charge is 2.43. The summed E-state index contributed by atoms with van der Waals surface area (Å²) in [6.45, 7) is 6.05. The molecule has 7 atom stereocenters. The Bertz CT molecular complexity index is 982. The number of fused-ring (bicyclic) bond motifs is 1. The van der Waals surface area contributed by atoms with E-state index >= 15 is 0 Å². The van der Waals surface area contributed by atoms with Crippen molar-refractivity contribution >= 4 is 31.9 Å². The maximum absolute atomic E-state index is 14.1. The van der Waals surface area contributed by atoms with E-state index in [4.69, 9.17) is 10.1 Å². The summed E-state index contributed by atoms with van der Waals surface area (Å²) in [6.07, 6.45) is 22.1. The predicted octanol–water partition coefficient (Wildman–Crippen LogP) is 3.92. The molecule has 1 amide bonds. The van der Waals surface area contributed by atoms with Gasteiger partial charge in [-0.05, 0) is 69.1 Å². The van der Waals surface area contributed by atoms with Crippen LogP contribution in [0.1, 0.15) is 77.6 Å². The second kappa shape index (κ2) is 12.3. The van der Waals surface area contributed by atoms with Crippen LogP contribution in [-0.4, -0.2) is 80.3 Å². The number of hydrogen-bond donors (Lipinski definition) is 1. The fourth-order valence-corrected chi connectivity index (χ4v) is 8.35. The van der Waals surface area contributed by atoms with E-state index in [0.29, 0.717) is 41.3 Å². The van der Waals surface area contributed by atoms with Gasteiger partial charge in [-0.2, -0.15) is 5.10 Å². The van der Waals surface area contributed by atoms with Gasteiger partial charge in [0.2, 0.25) is 5.91 Å². The molecule has 7 nitrogen and oxygen atoms in total. The molecule has 1 N–H and O–H groups in total. The van der Waals surface area contributed by atoms with E-state index in [9.17, 15) is 4.79 Å². The number of piperidine rings is 1. The molecule has 4 aliphatic heterocycles. The van der Waals surface area contributed by atoms with Gasteiger partial charge in [0.1, 0.15) is 20.2 Å². The van der Waals surface area contributed by atoms with E-state index in [1.165, 1.54) is 50.7 Å². The largest absolute Gasteiger partial charge is 0.342 e. The van der Waals surface area contributed by atoms with Crippen LogP contribution in [0.3, 0.4) is 0 Å². The van der Waals surface area contributed by atoms with E-state index in [0.717, 1.165) is 51.9 Å². The maximum Gasteiger partial charge on any atom is 0.226 e. The zero-order chi connectivity index (χ0) is 26.8. The summed E-state index contributed by atoms with van der Waals surface area (Å²) in [4.78, 5) is 26.2. The van der Waals surface area contributed by atoms with Crippen molar-refractivity contribution in [1.29, 1.82) is 0 Å². The molecule has 0 bridgehead atoms. The van der Waals surface area contributed by atoms with Crippen LogP contribution in [0.15, 0.2) is 27.2 Å². The monoisotopic (exact) mass is 532 g/mol. The minimum Gasteiger partial charge on any atom is -0.342 e. The number of nitrogens with zero attached hydrogens (tertiary/aromatic N) is 5. The third kappa shape index (κ3) is 5.91. The summed E-state index contributed by atoms with van der Waals surface area (Å²) < 4.78 is 0. The van der Waals surface area contributed by atoms with Crippen molar-refractivity contribution in [2.45, 2.75) is 95.7 Å². The van der Waals surface area contributed by atoms with Gasteiger partial charge in [0.15, 0.2) is 0 Å². The number of allylic oxidation sites excluding steroid dienone is 2. The highest BCUT2D eigenvalue weighted by molar-refractivity contribution is 6.21. The van der Waals surface area contributed by atoms with Gasteiger partial charge in [0, 0.05) is 74.3 Å². The van der Waals surface area contributed by atoms with E-state index in [2.05, 4.69) is 59.6 Å². The molecule has 2 aliphatic carbocycles. The van der Waals surface area contributed by atoms with Crippen LogP contribution in [0.2, 0.25) is 5.82 Å². The highest BCUT2D eigenvalue weighted by Crippen LogP contribution is 2.43. The van der Waals surface area contributed by atoms with Gasteiger partial charge in [-0.15, -0.1) is 0 Å². The Morgan fingerprint density at radius 2 is 1.92 bits per heavy atom. The summed E-state index contributed by atoms with van der Waals surface area (Å²) >= 11 is 0. The van der Waals surface area contributed by atoms with Gasteiger partial charge in [0.05, 0.1) is 0 Å². The van der Waals surface area contributed by atoms with Crippen molar-refractivity contribution in [2.75, 3.05) is 26.2 Å². The molecule has 39 heavy (non-hydrogen) atoms. The fraction of sp³-hybridized carbons (Fsp3) is 0.806. The lowest BCUT2D eigenvalue weighted by Gasteiger charge is -2.43. The van der Waals surface area contributed by atoms with Crippen molar-refractivity contribution < 1.29 is 4.79 Å². The molecule has 2 fully saturated rings. The Kier molecular flexibility index (Phi) is 8.57. The zero-order valence-corrected chi connectivity index (χ0v) is 24.3. The van der Waals surface area contributed by atoms with Gasteiger partial charge in [-0.25, -0.2) is 0 Å². The molecule has 4 heterocycles. The molecule has 6 aliphatic rings. The van der Waals surface area contributed by atoms with E-state index in [1.807, 2.05) is 0 Å². The number of rotatable bonds is 7. The van der Waals surface area contributed by atoms with Crippen LogP contribution in [0, 0.1) is 35.5 Å². The number of amides is 1. The van der Waals surface area contributed by atoms with Crippen molar-refractivity contribution in [1.82, 2.24) is 15.2 Å². The number of hydrazone groups is 1. The van der Waals surface area contributed by atoms with Crippen molar-refractivity contribution in [3.05, 3.63) is 12.2 Å². The summed E-state index contributed by atoms with van der Waals surface area (Å²) in [5, 5.41) is 10.8. The van der Waals surface area contributed by atoms with Crippen LogP contribution in [0.4, 0.5) is 0 Å². The first-order valence-electron chi connectivity index (χ1n) is 16.2. The molecule has 6 rings (SSSR count). The van der Waals surface area contributed by atoms with Crippen molar-refractivity contribution in [2.24, 2.45) is 50.6 Å². The van der Waals surface area contributed by atoms with Gasteiger partial charge in [-0.1, -0.05) is 31.9 Å². The van der Waals surface area contributed by atoms with Crippen LogP contribution >= 0.6 is 0 Å². The minimum atomic E-state index is 0.110. The molecule has 1 saturated carbocycles. The first-order chi connectivity index (χ1) is 19.1. The average molecular weight is 533 g/mol. The molecule has 8 heteroatoms. The Morgan fingerprint density at radius 3 is 2.67 bits per heavy atom. The molecule has 212 valence electrons. The lowest BCUT2D eigenvalue weighted by molar-refractivity contribution is -0.141. The Morgan fingerprint density at radius 1 is 1.10 bits per heavy atom. The van der Waals surface area contributed by atoms with Gasteiger partial charge < -0.3 is 4.90 Å². The van der Waals surface area contributed by atoms with Gasteiger partial charge in [-0.3, -0.25) is 25.1 Å². The second-order valence-electron chi connectivity index (χ2n) is 13.3. The quantitative estimate of drug-likeness (QED) is 0.399. The summed E-state index contributed by atoms with van der Waals surface area (Å²) in [5.41, 5.74) is 1.36. The normalized spacial score (nSPS) is 36.3. The average Bonchev–Trinajstić information content (AvgIpc) is 3.64. The van der Waals surface area contributed by atoms with Crippen LogP contribution < -0.4 is 5.32 Å². The number of carbonyl (C=O) groups excluding carboxylic acids is 1. The van der Waals surface area contributed by atoms with E-state index in [-0.39, 0.29) is 18.2 Å². The number of hydrogen-bond acceptors (Lipinski definition) is 6. The Hall–Kier alpha value is -1.96. The fourth-order valence-electron chi connectivity index (χ4n) is 8.35. The van der Waals surface area contributed by atoms with Crippen LogP contribution in [-0.2, 0) is 4.79 Å². The Balaban J connectivity index is 1.10. The van der Waals surface area contributed by atoms with Crippen molar-refractivity contribution in [3.8, 4) is 0 Å². The SMILES string of the molecule is BC1C=NN2C(NCC3C=NCCC3)CC(C3CCN(C(=O)C(C4CCCC4)C4CCC=CC4C)CC3)=NC12. The molecule has 0 radical (unpaired) electrons. The maximum atomic E-state index is 14.1. The lowest BCUT2D eigenvalue weighted by atomic mass is 9.70. The van der Waals surface area contributed by atoms with Crippen LogP contribution in [0.25, 0.3) is 0 Å². The smallest absolute Gasteiger partial charge is 0.226 e. The number of aliphatic imine (C=N–C) groups is 2. The zero-order valence-electron chi connectivity index (χ0n) is 24.3. The molecule has 0 aromatic rings. The third-order valence-corrected chi connectivity index (χ3v) is 10.7.